The molecule has 2 aromatic heterocycles. The Bertz CT molecular complexity index is 3110. The summed E-state index contributed by atoms with van der Waals surface area (Å²) in [5, 5.41) is 4.28. The maximum atomic E-state index is 6.76. The number of hydrogen-bond acceptors (Lipinski definition) is 3. The van der Waals surface area contributed by atoms with E-state index >= 15 is 0 Å². The molecule has 268 valence electrons. The Morgan fingerprint density at radius 3 is 1.47 bits per heavy atom. The van der Waals surface area contributed by atoms with Crippen molar-refractivity contribution in [3.05, 3.63) is 212 Å². The average molecular weight is 730 g/mol. The van der Waals surface area contributed by atoms with E-state index < -0.39 is 0 Å². The zero-order chi connectivity index (χ0) is 37.7. The van der Waals surface area contributed by atoms with Gasteiger partial charge in [-0.1, -0.05) is 158 Å². The van der Waals surface area contributed by atoms with E-state index in [9.17, 15) is 0 Å². The normalized spacial score (nSPS) is 11.5. The van der Waals surface area contributed by atoms with Gasteiger partial charge in [0.2, 0.25) is 0 Å². The van der Waals surface area contributed by atoms with Gasteiger partial charge < -0.3 is 13.7 Å². The molecule has 9 aromatic carbocycles. The fourth-order valence-electron chi connectivity index (χ4n) is 8.27. The highest BCUT2D eigenvalue weighted by atomic mass is 16.3. The number of benzene rings is 9. The van der Waals surface area contributed by atoms with Crippen LogP contribution in [0.2, 0.25) is 0 Å². The smallest absolute Gasteiger partial charge is 0.147 e. The number of hydrogen-bond donors (Lipinski definition) is 0. The van der Waals surface area contributed by atoms with Gasteiger partial charge >= 0.3 is 0 Å². The van der Waals surface area contributed by atoms with E-state index in [1.807, 2.05) is 18.2 Å². The minimum Gasteiger partial charge on any atom is -0.456 e. The van der Waals surface area contributed by atoms with Crippen LogP contribution in [0.3, 0.4) is 0 Å². The first kappa shape index (κ1) is 32.8. The van der Waals surface area contributed by atoms with Crippen molar-refractivity contribution in [2.75, 3.05) is 4.90 Å². The Morgan fingerprint density at radius 1 is 0.281 bits per heavy atom. The average Bonchev–Trinajstić information content (AvgIpc) is 3.87. The summed E-state index contributed by atoms with van der Waals surface area (Å²) in [7, 11) is 0. The lowest BCUT2D eigenvalue weighted by Crippen LogP contribution is -2.10. The van der Waals surface area contributed by atoms with Crippen LogP contribution in [0, 0.1) is 0 Å². The van der Waals surface area contributed by atoms with E-state index in [1.54, 1.807) is 0 Å². The summed E-state index contributed by atoms with van der Waals surface area (Å²) in [6.45, 7) is 0. The van der Waals surface area contributed by atoms with Gasteiger partial charge in [0.05, 0.1) is 5.39 Å². The van der Waals surface area contributed by atoms with Gasteiger partial charge in [-0.25, -0.2) is 0 Å². The van der Waals surface area contributed by atoms with Gasteiger partial charge in [-0.3, -0.25) is 0 Å². The molecule has 57 heavy (non-hydrogen) atoms. The van der Waals surface area contributed by atoms with E-state index in [0.29, 0.717) is 0 Å². The predicted octanol–water partition coefficient (Wildman–Crippen LogP) is 15.6. The summed E-state index contributed by atoms with van der Waals surface area (Å²) in [6.07, 6.45) is 0. The molecule has 11 aromatic rings. The van der Waals surface area contributed by atoms with Crippen LogP contribution < -0.4 is 4.90 Å². The lowest BCUT2D eigenvalue weighted by atomic mass is 9.98. The Labute approximate surface area is 330 Å². The van der Waals surface area contributed by atoms with Gasteiger partial charge in [-0.15, -0.1) is 0 Å². The molecule has 0 saturated carbocycles. The Morgan fingerprint density at radius 2 is 0.789 bits per heavy atom. The second-order valence-electron chi connectivity index (χ2n) is 14.5. The van der Waals surface area contributed by atoms with Gasteiger partial charge in [0.25, 0.3) is 0 Å². The number of rotatable bonds is 7. The molecule has 2 heterocycles. The van der Waals surface area contributed by atoms with Crippen LogP contribution in [0.1, 0.15) is 0 Å². The van der Waals surface area contributed by atoms with Crippen molar-refractivity contribution < 1.29 is 8.83 Å². The molecule has 0 radical (unpaired) electrons. The lowest BCUT2D eigenvalue weighted by Gasteiger charge is -2.26. The molecule has 0 fully saturated rings. The summed E-state index contributed by atoms with van der Waals surface area (Å²) in [4.78, 5) is 2.34. The van der Waals surface area contributed by atoms with Crippen LogP contribution in [0.5, 0.6) is 0 Å². The summed E-state index contributed by atoms with van der Waals surface area (Å²) in [5.41, 5.74) is 15.9. The summed E-state index contributed by atoms with van der Waals surface area (Å²) in [5.74, 6) is 0. The molecule has 0 bridgehead atoms. The van der Waals surface area contributed by atoms with Gasteiger partial charge in [0.15, 0.2) is 0 Å². The first-order chi connectivity index (χ1) is 28.2. The molecule has 3 heteroatoms. The van der Waals surface area contributed by atoms with Crippen LogP contribution in [0.15, 0.2) is 221 Å². The van der Waals surface area contributed by atoms with Crippen LogP contribution in [0.4, 0.5) is 17.1 Å². The second kappa shape index (κ2) is 13.6. The third kappa shape index (κ3) is 5.76. The molecule has 0 N–H and O–H groups in total. The van der Waals surface area contributed by atoms with Crippen molar-refractivity contribution in [2.45, 2.75) is 0 Å². The first-order valence-corrected chi connectivity index (χ1v) is 19.3. The zero-order valence-electron chi connectivity index (χ0n) is 31.0. The quantitative estimate of drug-likeness (QED) is 0.164. The van der Waals surface area contributed by atoms with E-state index in [2.05, 4.69) is 199 Å². The fourth-order valence-corrected chi connectivity index (χ4v) is 8.27. The van der Waals surface area contributed by atoms with E-state index in [4.69, 9.17) is 8.83 Å². The summed E-state index contributed by atoms with van der Waals surface area (Å²) in [6, 6.07) is 75.2. The second-order valence-corrected chi connectivity index (χ2v) is 14.5. The minimum absolute atomic E-state index is 0.836. The number of furan rings is 2. The number of nitrogens with zero attached hydrogens (tertiary/aromatic N) is 1. The van der Waals surface area contributed by atoms with Gasteiger partial charge in [0, 0.05) is 38.8 Å². The standard InChI is InChI=1S/C54H35NO2/c1-3-11-36(12-4-1)38-25-29-43(30-26-38)55(44-31-27-39(28-32-44)37-13-5-2-6-14-37)45-16-9-15-42(35-45)40-21-23-41(24-22-40)46-18-10-19-47-48-33-34-51-52(54(48)57-53(46)47)49-17-7-8-20-50(49)56-51/h1-35H. The van der Waals surface area contributed by atoms with Crippen molar-refractivity contribution in [2.24, 2.45) is 0 Å². The molecular weight excluding hydrogens is 695 g/mol. The van der Waals surface area contributed by atoms with E-state index in [-0.39, 0.29) is 0 Å². The Kier molecular flexibility index (Phi) is 7.82. The van der Waals surface area contributed by atoms with Gasteiger partial charge in [0.1, 0.15) is 22.3 Å². The molecule has 3 nitrogen and oxygen atoms in total. The third-order valence-corrected chi connectivity index (χ3v) is 11.1. The molecule has 0 saturated heterocycles. The topological polar surface area (TPSA) is 29.5 Å². The first-order valence-electron chi connectivity index (χ1n) is 19.3. The fraction of sp³-hybridized carbons (Fsp3) is 0. The molecule has 0 unspecified atom stereocenters. The molecule has 0 aliphatic rings. The molecule has 0 spiro atoms. The zero-order valence-corrected chi connectivity index (χ0v) is 31.0. The summed E-state index contributed by atoms with van der Waals surface area (Å²) >= 11 is 0. The molecular formula is C54H35NO2. The number of para-hydroxylation sites is 2. The third-order valence-electron chi connectivity index (χ3n) is 11.1. The maximum absolute atomic E-state index is 6.76. The molecule has 11 rings (SSSR count). The molecule has 0 aliphatic heterocycles. The number of fused-ring (bicyclic) bond motifs is 7. The Hall–Kier alpha value is -7.62. The predicted molar refractivity (Wildman–Crippen MR) is 237 cm³/mol. The van der Waals surface area contributed by atoms with Crippen molar-refractivity contribution >= 4 is 60.9 Å². The van der Waals surface area contributed by atoms with E-state index in [1.165, 1.54) is 22.3 Å². The monoisotopic (exact) mass is 729 g/mol. The van der Waals surface area contributed by atoms with Crippen LogP contribution in [0.25, 0.3) is 88.4 Å². The lowest BCUT2D eigenvalue weighted by molar-refractivity contribution is 0.663. The largest absolute Gasteiger partial charge is 0.456 e. The Balaban J connectivity index is 0.962. The molecule has 0 atom stereocenters. The molecule has 0 amide bonds. The molecule has 0 aliphatic carbocycles. The van der Waals surface area contributed by atoms with Crippen molar-refractivity contribution in [3.63, 3.8) is 0 Å². The van der Waals surface area contributed by atoms with Gasteiger partial charge in [-0.05, 0) is 93.5 Å². The van der Waals surface area contributed by atoms with E-state index in [0.717, 1.165) is 83.2 Å². The highest BCUT2D eigenvalue weighted by Crippen LogP contribution is 2.43. The SMILES string of the molecule is c1ccc(-c2ccc(N(c3ccc(-c4ccccc4)cc3)c3cccc(-c4ccc(-c5cccc6c5oc5c6ccc6oc7ccccc7c65)cc4)c3)cc2)cc1. The van der Waals surface area contributed by atoms with Gasteiger partial charge in [-0.2, -0.15) is 0 Å². The minimum atomic E-state index is 0.836. The number of anilines is 3. The highest BCUT2D eigenvalue weighted by molar-refractivity contribution is 6.23. The van der Waals surface area contributed by atoms with Crippen LogP contribution >= 0.6 is 0 Å². The van der Waals surface area contributed by atoms with Crippen molar-refractivity contribution in [3.8, 4) is 44.5 Å². The highest BCUT2D eigenvalue weighted by Gasteiger charge is 2.19. The van der Waals surface area contributed by atoms with Crippen molar-refractivity contribution in [1.29, 1.82) is 0 Å². The van der Waals surface area contributed by atoms with Crippen LogP contribution in [-0.4, -0.2) is 0 Å². The maximum Gasteiger partial charge on any atom is 0.147 e. The van der Waals surface area contributed by atoms with Crippen molar-refractivity contribution in [1.82, 2.24) is 0 Å². The van der Waals surface area contributed by atoms with Crippen LogP contribution in [-0.2, 0) is 0 Å². The summed E-state index contributed by atoms with van der Waals surface area (Å²) < 4.78 is 12.9.